The van der Waals surface area contributed by atoms with E-state index in [1.807, 2.05) is 0 Å². The molecule has 1 aliphatic rings. The number of carbonyl (C=O) groups excluding carboxylic acids is 2. The highest BCUT2D eigenvalue weighted by molar-refractivity contribution is 7.71. The average molecular weight is 517 g/mol. The van der Waals surface area contributed by atoms with Crippen molar-refractivity contribution in [1.82, 2.24) is 15.2 Å². The summed E-state index contributed by atoms with van der Waals surface area (Å²) >= 11 is 4.93. The van der Waals surface area contributed by atoms with Crippen LogP contribution < -0.4 is 16.2 Å². The Morgan fingerprint density at radius 1 is 1.08 bits per heavy atom. The predicted octanol–water partition coefficient (Wildman–Crippen LogP) is 2.39. The van der Waals surface area contributed by atoms with Crippen LogP contribution in [0.25, 0.3) is 11.3 Å². The third kappa shape index (κ3) is 4.39. The number of carbonyl (C=O) groups is 2. The van der Waals surface area contributed by atoms with Gasteiger partial charge >= 0.3 is 11.9 Å². The molecule has 1 atom stereocenters. The van der Waals surface area contributed by atoms with Crippen molar-refractivity contribution in [2.24, 2.45) is 5.73 Å². The quantitative estimate of drug-likeness (QED) is 0.338. The molecular weight excluding hydrogens is 496 g/mol. The van der Waals surface area contributed by atoms with Gasteiger partial charge in [-0.25, -0.2) is 9.59 Å². The van der Waals surface area contributed by atoms with Crippen LogP contribution in [-0.4, -0.2) is 41.3 Å². The van der Waals surface area contributed by atoms with Gasteiger partial charge in [0.25, 0.3) is 5.56 Å². The van der Waals surface area contributed by atoms with Gasteiger partial charge in [0, 0.05) is 5.56 Å². The van der Waals surface area contributed by atoms with Crippen LogP contribution in [0.1, 0.15) is 11.5 Å². The number of H-pyrrole nitrogens is 2. The van der Waals surface area contributed by atoms with Crippen LogP contribution in [0.4, 0.5) is 5.69 Å². The summed E-state index contributed by atoms with van der Waals surface area (Å²) in [5, 5.41) is 16.8. The Morgan fingerprint density at radius 2 is 1.73 bits per heavy atom. The van der Waals surface area contributed by atoms with Crippen molar-refractivity contribution in [1.29, 1.82) is 5.26 Å². The maximum Gasteiger partial charge on any atom is 0.355 e. The zero-order valence-corrected chi connectivity index (χ0v) is 20.5. The molecule has 0 spiro atoms. The van der Waals surface area contributed by atoms with Crippen LogP contribution in [0.3, 0.4) is 0 Å². The van der Waals surface area contributed by atoms with Gasteiger partial charge < -0.3 is 15.2 Å². The number of ether oxygens (including phenoxy) is 2. The van der Waals surface area contributed by atoms with E-state index in [4.69, 9.17) is 27.4 Å². The highest BCUT2D eigenvalue weighted by Crippen LogP contribution is 2.44. The Bertz CT molecular complexity index is 1620. The lowest BCUT2D eigenvalue weighted by Gasteiger charge is -2.36. The highest BCUT2D eigenvalue weighted by atomic mass is 32.1. The first-order chi connectivity index (χ1) is 17.8. The first-order valence-electron chi connectivity index (χ1n) is 10.8. The number of nitrogens with one attached hydrogen (secondary N) is 2. The molecule has 12 heteroatoms. The molecular formula is C25H20N6O5S. The number of benzene rings is 2. The van der Waals surface area contributed by atoms with Gasteiger partial charge in [-0.05, 0) is 23.8 Å². The Kier molecular flexibility index (Phi) is 6.99. The molecule has 0 saturated carbocycles. The Balaban J connectivity index is 2.11. The lowest BCUT2D eigenvalue weighted by Crippen LogP contribution is -2.41. The number of hydrogen-bond donors (Lipinski definition) is 3. The fourth-order valence-corrected chi connectivity index (χ4v) is 4.30. The van der Waals surface area contributed by atoms with Crippen molar-refractivity contribution in [3.05, 3.63) is 97.9 Å². The zero-order valence-electron chi connectivity index (χ0n) is 19.6. The molecule has 2 aromatic carbocycles. The number of aromatic amines is 2. The van der Waals surface area contributed by atoms with Crippen molar-refractivity contribution < 1.29 is 19.1 Å². The van der Waals surface area contributed by atoms with Gasteiger partial charge in [-0.2, -0.15) is 10.4 Å². The van der Waals surface area contributed by atoms with Crippen LogP contribution in [0.2, 0.25) is 0 Å². The normalized spacial score (nSPS) is 15.3. The van der Waals surface area contributed by atoms with Crippen molar-refractivity contribution in [3.63, 3.8) is 0 Å². The van der Waals surface area contributed by atoms with Gasteiger partial charge in [0.15, 0.2) is 10.5 Å². The molecule has 37 heavy (non-hydrogen) atoms. The first-order valence-corrected chi connectivity index (χ1v) is 11.2. The minimum atomic E-state index is -1.02. The SMILES string of the molecule is COC(=O)C1=C(C(=O)OC)N(c2ccccc2-c2n[nH]c(=S)[nH]c2=O)C(N)=C(C#N)C1c1ccccc1. The summed E-state index contributed by atoms with van der Waals surface area (Å²) in [7, 11) is 2.31. The summed E-state index contributed by atoms with van der Waals surface area (Å²) in [5.74, 6) is -2.94. The van der Waals surface area contributed by atoms with Crippen molar-refractivity contribution >= 4 is 29.8 Å². The molecule has 186 valence electrons. The van der Waals surface area contributed by atoms with Gasteiger partial charge in [-0.3, -0.25) is 19.8 Å². The largest absolute Gasteiger partial charge is 0.466 e. The van der Waals surface area contributed by atoms with E-state index in [1.54, 1.807) is 54.6 Å². The molecule has 2 heterocycles. The number of hydrogen-bond acceptors (Lipinski definition) is 10. The number of anilines is 1. The second-order valence-electron chi connectivity index (χ2n) is 7.71. The number of allylic oxidation sites excluding steroid dienone is 1. The Hall–Kier alpha value is -5.02. The maximum atomic E-state index is 13.3. The number of esters is 2. The second-order valence-corrected chi connectivity index (χ2v) is 8.12. The number of nitriles is 1. The maximum absolute atomic E-state index is 13.3. The Morgan fingerprint density at radius 3 is 2.35 bits per heavy atom. The molecule has 0 aliphatic carbocycles. The molecule has 4 N–H and O–H groups in total. The van der Waals surface area contributed by atoms with Gasteiger partial charge in [0.2, 0.25) is 0 Å². The minimum Gasteiger partial charge on any atom is -0.466 e. The molecule has 0 amide bonds. The standard InChI is InChI=1S/C25H20N6O5S/c1-35-23(33)18-17(13-8-4-3-5-9-13)15(12-26)21(27)31(20(18)24(34)36-2)16-11-7-6-10-14(16)19-22(32)28-25(37)30-29-19/h3-11,17H,27H2,1-2H3,(H2,28,30,32,37). The molecule has 0 saturated heterocycles. The van der Waals surface area contributed by atoms with E-state index < -0.39 is 23.4 Å². The average Bonchev–Trinajstić information content (AvgIpc) is 2.92. The minimum absolute atomic E-state index is 0.0107. The summed E-state index contributed by atoms with van der Waals surface area (Å²) < 4.78 is 10.1. The summed E-state index contributed by atoms with van der Waals surface area (Å²) in [5.41, 5.74) is 6.39. The predicted molar refractivity (Wildman–Crippen MR) is 135 cm³/mol. The molecule has 11 nitrogen and oxygen atoms in total. The van der Waals surface area contributed by atoms with Crippen molar-refractivity contribution in [3.8, 4) is 17.3 Å². The van der Waals surface area contributed by atoms with Crippen LogP contribution in [-0.2, 0) is 19.1 Å². The lowest BCUT2D eigenvalue weighted by atomic mass is 9.80. The molecule has 0 bridgehead atoms. The summed E-state index contributed by atoms with van der Waals surface area (Å²) in [6.45, 7) is 0. The third-order valence-electron chi connectivity index (χ3n) is 5.72. The van der Waals surface area contributed by atoms with E-state index in [0.717, 1.165) is 14.2 Å². The van der Waals surface area contributed by atoms with Crippen LogP contribution in [0, 0.1) is 16.1 Å². The summed E-state index contributed by atoms with van der Waals surface area (Å²) in [4.78, 5) is 42.8. The van der Waals surface area contributed by atoms with Crippen LogP contribution >= 0.6 is 12.2 Å². The van der Waals surface area contributed by atoms with Gasteiger partial charge in [0.05, 0.1) is 43.0 Å². The Labute approximate surface area is 215 Å². The number of nitrogens with two attached hydrogens (primary N) is 1. The smallest absolute Gasteiger partial charge is 0.355 e. The molecule has 1 aromatic heterocycles. The van der Waals surface area contributed by atoms with Gasteiger partial charge in [-0.15, -0.1) is 0 Å². The molecule has 3 aromatic rings. The summed E-state index contributed by atoms with van der Waals surface area (Å²) in [6.07, 6.45) is 0. The van der Waals surface area contributed by atoms with E-state index in [2.05, 4.69) is 21.3 Å². The number of nitrogens with zero attached hydrogens (tertiary/aromatic N) is 3. The molecule has 4 rings (SSSR count). The van der Waals surface area contributed by atoms with Crippen LogP contribution in [0.15, 0.2) is 82.1 Å². The summed E-state index contributed by atoms with van der Waals surface area (Å²) in [6, 6.07) is 17.1. The van der Waals surface area contributed by atoms with E-state index in [1.165, 1.54) is 4.90 Å². The fourth-order valence-electron chi connectivity index (χ4n) is 4.16. The van der Waals surface area contributed by atoms with E-state index in [0.29, 0.717) is 5.56 Å². The van der Waals surface area contributed by atoms with E-state index in [-0.39, 0.29) is 44.4 Å². The highest BCUT2D eigenvalue weighted by Gasteiger charge is 2.43. The topological polar surface area (TPSA) is 167 Å². The first kappa shape index (κ1) is 25.1. The number of methoxy groups -OCH3 is 2. The van der Waals surface area contributed by atoms with Crippen molar-refractivity contribution in [2.75, 3.05) is 19.1 Å². The van der Waals surface area contributed by atoms with Crippen molar-refractivity contribution in [2.45, 2.75) is 5.92 Å². The second kappa shape index (κ2) is 10.3. The molecule has 0 radical (unpaired) electrons. The van der Waals surface area contributed by atoms with Crippen LogP contribution in [0.5, 0.6) is 0 Å². The molecule has 1 aliphatic heterocycles. The van der Waals surface area contributed by atoms with E-state index >= 15 is 0 Å². The monoisotopic (exact) mass is 516 g/mol. The van der Waals surface area contributed by atoms with Gasteiger partial charge in [0.1, 0.15) is 11.5 Å². The molecule has 0 fully saturated rings. The zero-order chi connectivity index (χ0) is 26.7. The molecule has 1 unspecified atom stereocenters. The third-order valence-corrected chi connectivity index (χ3v) is 5.92. The van der Waals surface area contributed by atoms with E-state index in [9.17, 15) is 19.6 Å². The number of rotatable bonds is 5. The fraction of sp³-hybridized carbons (Fsp3) is 0.120. The number of para-hydroxylation sites is 1. The van der Waals surface area contributed by atoms with Gasteiger partial charge in [-0.1, -0.05) is 48.5 Å². The lowest BCUT2D eigenvalue weighted by molar-refractivity contribution is -0.139. The number of aromatic nitrogens is 3.